The maximum Gasteiger partial charge on any atom is 0.238 e. The second-order valence-electron chi connectivity index (χ2n) is 7.39. The maximum atomic E-state index is 13.1. The predicted octanol–water partition coefficient (Wildman–Crippen LogP) is 1.97. The van der Waals surface area contributed by atoms with E-state index < -0.39 is 11.2 Å². The number of fused-ring (bicyclic) bond motifs is 6. The van der Waals surface area contributed by atoms with Gasteiger partial charge < -0.3 is 9.47 Å². The van der Waals surface area contributed by atoms with Crippen LogP contribution in [-0.2, 0) is 19.1 Å². The Morgan fingerprint density at radius 1 is 1.04 bits per heavy atom. The third kappa shape index (κ3) is 1.45. The Morgan fingerprint density at radius 2 is 1.74 bits per heavy atom. The fourth-order valence-corrected chi connectivity index (χ4v) is 5.54. The number of hydrogen-bond donors (Lipinski definition) is 0. The molecule has 2 saturated carbocycles. The molecule has 1 aromatic carbocycles. The average molecular weight is 313 g/mol. The van der Waals surface area contributed by atoms with E-state index in [1.807, 2.05) is 30.3 Å². The van der Waals surface area contributed by atoms with Crippen molar-refractivity contribution in [2.45, 2.75) is 25.6 Å². The van der Waals surface area contributed by atoms with Crippen LogP contribution in [0, 0.1) is 23.2 Å². The predicted molar refractivity (Wildman–Crippen MR) is 81.4 cm³/mol. The van der Waals surface area contributed by atoms with Crippen LogP contribution in [0.1, 0.15) is 19.8 Å². The topological polar surface area (TPSA) is 55.8 Å². The van der Waals surface area contributed by atoms with Crippen LogP contribution < -0.4 is 4.90 Å². The fourth-order valence-electron chi connectivity index (χ4n) is 5.54. The van der Waals surface area contributed by atoms with Crippen molar-refractivity contribution in [1.82, 2.24) is 0 Å². The van der Waals surface area contributed by atoms with Gasteiger partial charge in [0.2, 0.25) is 11.8 Å². The summed E-state index contributed by atoms with van der Waals surface area (Å²) in [6.45, 7) is 3.22. The summed E-state index contributed by atoms with van der Waals surface area (Å²) in [6, 6.07) is 9.23. The Kier molecular flexibility index (Phi) is 2.51. The molecule has 120 valence electrons. The lowest BCUT2D eigenvalue weighted by atomic mass is 9.68. The van der Waals surface area contributed by atoms with Crippen molar-refractivity contribution < 1.29 is 19.1 Å². The number of imide groups is 1. The van der Waals surface area contributed by atoms with E-state index in [0.29, 0.717) is 18.9 Å². The van der Waals surface area contributed by atoms with Gasteiger partial charge in [-0.1, -0.05) is 25.1 Å². The quantitative estimate of drug-likeness (QED) is 0.744. The molecular formula is C18H19NO4. The van der Waals surface area contributed by atoms with Crippen molar-refractivity contribution in [3.63, 3.8) is 0 Å². The lowest BCUT2D eigenvalue weighted by molar-refractivity contribution is -0.240. The zero-order chi connectivity index (χ0) is 15.8. The molecule has 2 aliphatic carbocycles. The summed E-state index contributed by atoms with van der Waals surface area (Å²) in [7, 11) is 0. The highest BCUT2D eigenvalue weighted by molar-refractivity contribution is 6.22. The minimum absolute atomic E-state index is 0.0484. The summed E-state index contributed by atoms with van der Waals surface area (Å²) in [6.07, 6.45) is 1.56. The van der Waals surface area contributed by atoms with E-state index in [0.717, 1.165) is 12.8 Å². The SMILES string of the molecule is C[C@]12C[C@H](CC13OCCO3)[C@H]1C(=O)N(c3ccccc3)C(=O)[C@@H]12. The number of amides is 2. The molecule has 2 heterocycles. The number of anilines is 1. The lowest BCUT2D eigenvalue weighted by Crippen LogP contribution is -2.52. The van der Waals surface area contributed by atoms with Gasteiger partial charge in [0.05, 0.1) is 30.7 Å². The van der Waals surface area contributed by atoms with Crippen LogP contribution >= 0.6 is 0 Å². The van der Waals surface area contributed by atoms with E-state index in [9.17, 15) is 9.59 Å². The number of carbonyl (C=O) groups is 2. The van der Waals surface area contributed by atoms with Gasteiger partial charge in [-0.05, 0) is 24.5 Å². The Labute approximate surface area is 134 Å². The second kappa shape index (κ2) is 4.22. The number of para-hydroxylation sites is 1. The molecule has 4 aliphatic rings. The highest BCUT2D eigenvalue weighted by atomic mass is 16.7. The van der Waals surface area contributed by atoms with Gasteiger partial charge in [0.1, 0.15) is 0 Å². The molecule has 2 saturated heterocycles. The molecule has 1 aromatic rings. The second-order valence-corrected chi connectivity index (χ2v) is 7.39. The number of hydrogen-bond acceptors (Lipinski definition) is 4. The van der Waals surface area contributed by atoms with Crippen LogP contribution in [0.2, 0.25) is 0 Å². The molecule has 0 N–H and O–H groups in total. The molecule has 2 amide bonds. The fraction of sp³-hybridized carbons (Fsp3) is 0.556. The van der Waals surface area contributed by atoms with Crippen molar-refractivity contribution in [3.05, 3.63) is 30.3 Å². The zero-order valence-corrected chi connectivity index (χ0v) is 13.0. The molecular weight excluding hydrogens is 294 g/mol. The summed E-state index contributed by atoms with van der Waals surface area (Å²) in [5, 5.41) is 0. The molecule has 0 aromatic heterocycles. The molecule has 1 spiro atoms. The molecule has 4 atom stereocenters. The van der Waals surface area contributed by atoms with Gasteiger partial charge in [0, 0.05) is 11.8 Å². The Hall–Kier alpha value is -1.72. The molecule has 5 heteroatoms. The standard InChI is InChI=1S/C18H19NO4/c1-17-9-11(10-18(17)22-7-8-23-18)13-14(17)16(21)19(15(13)20)12-5-3-2-4-6-12/h2-6,11,13-14H,7-10H2,1H3/t11-,13-,14-,17-/m1/s1. The highest BCUT2D eigenvalue weighted by Crippen LogP contribution is 2.69. The van der Waals surface area contributed by atoms with Crippen LogP contribution in [0.3, 0.4) is 0 Å². The molecule has 4 fully saturated rings. The monoisotopic (exact) mass is 313 g/mol. The molecule has 5 rings (SSSR count). The van der Waals surface area contributed by atoms with Crippen molar-refractivity contribution in [2.24, 2.45) is 23.2 Å². The molecule has 2 bridgehead atoms. The Bertz CT molecular complexity index is 696. The average Bonchev–Trinajstić information content (AvgIpc) is 3.25. The van der Waals surface area contributed by atoms with E-state index in [2.05, 4.69) is 6.92 Å². The first-order valence-corrected chi connectivity index (χ1v) is 8.28. The van der Waals surface area contributed by atoms with Gasteiger partial charge in [0.15, 0.2) is 5.79 Å². The molecule has 0 radical (unpaired) electrons. The van der Waals surface area contributed by atoms with Crippen LogP contribution in [-0.4, -0.2) is 30.8 Å². The van der Waals surface area contributed by atoms with E-state index in [4.69, 9.17) is 9.47 Å². The minimum Gasteiger partial charge on any atom is -0.347 e. The Morgan fingerprint density at radius 3 is 2.43 bits per heavy atom. The van der Waals surface area contributed by atoms with Crippen molar-refractivity contribution in [1.29, 1.82) is 0 Å². The zero-order valence-electron chi connectivity index (χ0n) is 13.0. The van der Waals surface area contributed by atoms with E-state index in [-0.39, 0.29) is 29.6 Å². The molecule has 23 heavy (non-hydrogen) atoms. The number of benzene rings is 1. The van der Waals surface area contributed by atoms with Gasteiger partial charge in [-0.2, -0.15) is 0 Å². The summed E-state index contributed by atoms with van der Waals surface area (Å²) in [5.41, 5.74) is 0.261. The smallest absolute Gasteiger partial charge is 0.238 e. The molecule has 0 unspecified atom stereocenters. The van der Waals surface area contributed by atoms with Gasteiger partial charge in [-0.25, -0.2) is 0 Å². The van der Waals surface area contributed by atoms with Crippen LogP contribution in [0.15, 0.2) is 30.3 Å². The van der Waals surface area contributed by atoms with Gasteiger partial charge >= 0.3 is 0 Å². The summed E-state index contributed by atoms with van der Waals surface area (Å²) in [4.78, 5) is 27.5. The van der Waals surface area contributed by atoms with Crippen LogP contribution in [0.25, 0.3) is 0 Å². The van der Waals surface area contributed by atoms with Crippen LogP contribution in [0.4, 0.5) is 5.69 Å². The lowest BCUT2D eigenvalue weighted by Gasteiger charge is -2.43. The van der Waals surface area contributed by atoms with E-state index >= 15 is 0 Å². The first kappa shape index (κ1) is 13.7. The summed E-state index contributed by atoms with van der Waals surface area (Å²) < 4.78 is 11.9. The van der Waals surface area contributed by atoms with E-state index in [1.54, 1.807) is 0 Å². The van der Waals surface area contributed by atoms with E-state index in [1.165, 1.54) is 4.90 Å². The number of nitrogens with zero attached hydrogens (tertiary/aromatic N) is 1. The molecule has 2 aliphatic heterocycles. The van der Waals surface area contributed by atoms with Crippen molar-refractivity contribution in [3.8, 4) is 0 Å². The number of rotatable bonds is 1. The first-order chi connectivity index (χ1) is 11.1. The maximum absolute atomic E-state index is 13.1. The van der Waals surface area contributed by atoms with Gasteiger partial charge in [0.25, 0.3) is 0 Å². The normalized spacial score (nSPS) is 40.4. The minimum atomic E-state index is -0.665. The number of carbonyl (C=O) groups excluding carboxylic acids is 2. The Balaban J connectivity index is 1.58. The summed E-state index contributed by atoms with van der Waals surface area (Å²) >= 11 is 0. The third-order valence-electron chi connectivity index (χ3n) is 6.40. The first-order valence-electron chi connectivity index (χ1n) is 8.28. The van der Waals surface area contributed by atoms with Crippen LogP contribution in [0.5, 0.6) is 0 Å². The highest BCUT2D eigenvalue weighted by Gasteiger charge is 2.76. The third-order valence-corrected chi connectivity index (χ3v) is 6.40. The molecule has 5 nitrogen and oxygen atoms in total. The van der Waals surface area contributed by atoms with Crippen molar-refractivity contribution >= 4 is 17.5 Å². The summed E-state index contributed by atoms with van der Waals surface area (Å²) in [5.74, 6) is -1.17. The van der Waals surface area contributed by atoms with Gasteiger partial charge in [-0.3, -0.25) is 14.5 Å². The van der Waals surface area contributed by atoms with Gasteiger partial charge in [-0.15, -0.1) is 0 Å². The number of ether oxygens (including phenoxy) is 2. The largest absolute Gasteiger partial charge is 0.347 e. The van der Waals surface area contributed by atoms with Crippen molar-refractivity contribution in [2.75, 3.05) is 18.1 Å².